The fourth-order valence-electron chi connectivity index (χ4n) is 3.05. The molecule has 1 aromatic heterocycles. The third kappa shape index (κ3) is 3.67. The minimum atomic E-state index is -0.0425. The summed E-state index contributed by atoms with van der Waals surface area (Å²) in [6.07, 6.45) is 5.41. The van der Waals surface area contributed by atoms with E-state index in [0.717, 1.165) is 30.7 Å². The van der Waals surface area contributed by atoms with Crippen molar-refractivity contribution in [1.82, 2.24) is 15.2 Å². The van der Waals surface area contributed by atoms with Gasteiger partial charge in [-0.15, -0.1) is 0 Å². The van der Waals surface area contributed by atoms with Gasteiger partial charge in [0, 0.05) is 25.5 Å². The Morgan fingerprint density at radius 1 is 1.25 bits per heavy atom. The first-order chi connectivity index (χ1) is 11.7. The molecule has 2 amide bonds. The van der Waals surface area contributed by atoms with Gasteiger partial charge < -0.3 is 15.0 Å². The van der Waals surface area contributed by atoms with Crippen molar-refractivity contribution in [3.63, 3.8) is 0 Å². The molecular formula is C19H23N3O2. The van der Waals surface area contributed by atoms with E-state index in [1.165, 1.54) is 11.1 Å². The van der Waals surface area contributed by atoms with Crippen LogP contribution in [0.2, 0.25) is 0 Å². The highest BCUT2D eigenvalue weighted by molar-refractivity contribution is 5.75. The lowest BCUT2D eigenvalue weighted by atomic mass is 10.0. The number of ether oxygens (including phenoxy) is 1. The summed E-state index contributed by atoms with van der Waals surface area (Å²) in [6.45, 7) is 3.38. The highest BCUT2D eigenvalue weighted by atomic mass is 16.5. The largest absolute Gasteiger partial charge is 0.497 e. The topological polar surface area (TPSA) is 54.5 Å². The lowest BCUT2D eigenvalue weighted by Crippen LogP contribution is -2.40. The van der Waals surface area contributed by atoms with Crippen LogP contribution >= 0.6 is 0 Å². The third-order valence-corrected chi connectivity index (χ3v) is 4.48. The second kappa shape index (κ2) is 7.34. The van der Waals surface area contributed by atoms with Crippen molar-refractivity contribution in [2.45, 2.75) is 32.4 Å². The van der Waals surface area contributed by atoms with Gasteiger partial charge in [-0.25, -0.2) is 4.79 Å². The molecule has 0 fully saturated rings. The maximum Gasteiger partial charge on any atom is 0.318 e. The fraction of sp³-hybridized carbons (Fsp3) is 0.368. The summed E-state index contributed by atoms with van der Waals surface area (Å²) >= 11 is 0. The summed E-state index contributed by atoms with van der Waals surface area (Å²) < 4.78 is 5.30. The predicted octanol–water partition coefficient (Wildman–Crippen LogP) is 3.31. The highest BCUT2D eigenvalue weighted by Gasteiger charge is 2.20. The number of benzene rings is 1. The molecule has 1 unspecified atom stereocenters. The number of hydrogen-bond donors (Lipinski definition) is 1. The monoisotopic (exact) mass is 325 g/mol. The van der Waals surface area contributed by atoms with Gasteiger partial charge in [-0.1, -0.05) is 6.07 Å². The van der Waals surface area contributed by atoms with Crippen LogP contribution in [-0.4, -0.2) is 29.6 Å². The molecule has 1 aromatic carbocycles. The van der Waals surface area contributed by atoms with E-state index in [0.29, 0.717) is 6.54 Å². The van der Waals surface area contributed by atoms with Crippen molar-refractivity contribution < 1.29 is 9.53 Å². The first-order valence-corrected chi connectivity index (χ1v) is 8.28. The molecule has 1 atom stereocenters. The minimum absolute atomic E-state index is 0.0250. The van der Waals surface area contributed by atoms with Crippen LogP contribution in [0, 0.1) is 0 Å². The van der Waals surface area contributed by atoms with E-state index in [9.17, 15) is 4.79 Å². The molecule has 1 aliphatic rings. The number of amides is 2. The normalized spacial score (nSPS) is 15.2. The fourth-order valence-corrected chi connectivity index (χ4v) is 3.05. The smallest absolute Gasteiger partial charge is 0.318 e. The molecule has 0 bridgehead atoms. The van der Waals surface area contributed by atoms with Crippen LogP contribution in [-0.2, 0) is 13.0 Å². The van der Waals surface area contributed by atoms with Gasteiger partial charge in [-0.2, -0.15) is 0 Å². The molecule has 126 valence electrons. The second-order valence-electron chi connectivity index (χ2n) is 6.11. The van der Waals surface area contributed by atoms with Crippen LogP contribution in [0.4, 0.5) is 4.79 Å². The number of carbonyl (C=O) groups is 1. The Morgan fingerprint density at radius 3 is 2.79 bits per heavy atom. The number of hydrogen-bond acceptors (Lipinski definition) is 3. The lowest BCUT2D eigenvalue weighted by Gasteiger charge is -2.24. The molecule has 3 rings (SSSR count). The molecule has 0 saturated carbocycles. The number of nitrogens with one attached hydrogen (secondary N) is 1. The molecular weight excluding hydrogens is 302 g/mol. The van der Waals surface area contributed by atoms with Crippen LogP contribution in [0.15, 0.2) is 42.7 Å². The zero-order valence-electron chi connectivity index (χ0n) is 14.2. The molecule has 5 heteroatoms. The Morgan fingerprint density at radius 2 is 2.04 bits per heavy atom. The zero-order chi connectivity index (χ0) is 16.9. The number of urea groups is 1. The molecule has 1 aliphatic heterocycles. The van der Waals surface area contributed by atoms with Gasteiger partial charge in [-0.05, 0) is 60.7 Å². The van der Waals surface area contributed by atoms with E-state index in [-0.39, 0.29) is 12.1 Å². The van der Waals surface area contributed by atoms with E-state index < -0.39 is 0 Å². The summed E-state index contributed by atoms with van der Waals surface area (Å²) in [5, 5.41) is 3.08. The van der Waals surface area contributed by atoms with Crippen LogP contribution in [0.3, 0.4) is 0 Å². The Labute approximate surface area is 142 Å². The zero-order valence-corrected chi connectivity index (χ0v) is 14.2. The Balaban J connectivity index is 1.69. The van der Waals surface area contributed by atoms with Crippen molar-refractivity contribution >= 4 is 6.03 Å². The van der Waals surface area contributed by atoms with Crippen molar-refractivity contribution in [2.75, 3.05) is 13.7 Å². The van der Waals surface area contributed by atoms with Gasteiger partial charge in [-0.3, -0.25) is 4.98 Å². The van der Waals surface area contributed by atoms with E-state index in [2.05, 4.69) is 22.4 Å². The molecule has 0 aliphatic carbocycles. The first-order valence-electron chi connectivity index (χ1n) is 8.28. The summed E-state index contributed by atoms with van der Waals surface area (Å²) in [6, 6.07) is 9.88. The number of carbonyl (C=O) groups excluding carboxylic acids is 1. The summed E-state index contributed by atoms with van der Waals surface area (Å²) in [4.78, 5) is 18.5. The summed E-state index contributed by atoms with van der Waals surface area (Å²) in [5.74, 6) is 0.873. The molecule has 2 heterocycles. The molecule has 5 nitrogen and oxygen atoms in total. The molecule has 2 aromatic rings. The van der Waals surface area contributed by atoms with Crippen LogP contribution in [0.25, 0.3) is 0 Å². The molecule has 0 radical (unpaired) electrons. The van der Waals surface area contributed by atoms with E-state index in [4.69, 9.17) is 4.74 Å². The van der Waals surface area contributed by atoms with E-state index >= 15 is 0 Å². The van der Waals surface area contributed by atoms with Crippen molar-refractivity contribution in [3.05, 3.63) is 59.4 Å². The number of methoxy groups -OCH3 is 1. The van der Waals surface area contributed by atoms with Crippen LogP contribution in [0.1, 0.15) is 36.1 Å². The van der Waals surface area contributed by atoms with E-state index in [1.807, 2.05) is 30.0 Å². The maximum atomic E-state index is 12.6. The number of aromatic nitrogens is 1. The second-order valence-corrected chi connectivity index (χ2v) is 6.11. The van der Waals surface area contributed by atoms with E-state index in [1.54, 1.807) is 19.5 Å². The Kier molecular flexibility index (Phi) is 4.99. The molecule has 1 N–H and O–H groups in total. The number of nitrogens with zero attached hydrogens (tertiary/aromatic N) is 2. The van der Waals surface area contributed by atoms with Crippen LogP contribution in [0.5, 0.6) is 5.75 Å². The number of aryl methyl sites for hydroxylation is 1. The van der Waals surface area contributed by atoms with Crippen molar-refractivity contribution in [3.8, 4) is 5.75 Å². The highest BCUT2D eigenvalue weighted by Crippen LogP contribution is 2.24. The first kappa shape index (κ1) is 16.3. The van der Waals surface area contributed by atoms with Crippen molar-refractivity contribution in [1.29, 1.82) is 0 Å². The quantitative estimate of drug-likeness (QED) is 0.942. The van der Waals surface area contributed by atoms with Gasteiger partial charge in [0.1, 0.15) is 5.75 Å². The molecule has 0 spiro atoms. The average Bonchev–Trinajstić information content (AvgIpc) is 2.84. The predicted molar refractivity (Wildman–Crippen MR) is 92.9 cm³/mol. The van der Waals surface area contributed by atoms with Gasteiger partial charge in [0.2, 0.25) is 0 Å². The standard InChI is InChI=1S/C19H23N3O2/c1-14(15-7-9-20-10-8-15)21-19(23)22-11-3-4-16-12-18(24-2)6-5-17(16)13-22/h5-10,12,14H,3-4,11,13H2,1-2H3,(H,21,23). The average molecular weight is 325 g/mol. The summed E-state index contributed by atoms with van der Waals surface area (Å²) in [5.41, 5.74) is 3.52. The summed E-state index contributed by atoms with van der Waals surface area (Å²) in [7, 11) is 1.68. The van der Waals surface area contributed by atoms with Crippen LogP contribution < -0.4 is 10.1 Å². The van der Waals surface area contributed by atoms with Crippen molar-refractivity contribution in [2.24, 2.45) is 0 Å². The lowest BCUT2D eigenvalue weighted by molar-refractivity contribution is 0.192. The maximum absolute atomic E-state index is 12.6. The number of rotatable bonds is 3. The number of pyridine rings is 1. The van der Waals surface area contributed by atoms with Gasteiger partial charge in [0.25, 0.3) is 0 Å². The number of fused-ring (bicyclic) bond motifs is 1. The third-order valence-electron chi connectivity index (χ3n) is 4.48. The van der Waals surface area contributed by atoms with Gasteiger partial charge >= 0.3 is 6.03 Å². The Bertz CT molecular complexity index is 703. The minimum Gasteiger partial charge on any atom is -0.497 e. The Hall–Kier alpha value is -2.56. The SMILES string of the molecule is COc1ccc2c(c1)CCCN(C(=O)NC(C)c1ccncc1)C2. The van der Waals surface area contributed by atoms with Gasteiger partial charge in [0.15, 0.2) is 0 Å². The van der Waals surface area contributed by atoms with Gasteiger partial charge in [0.05, 0.1) is 13.2 Å². The molecule has 24 heavy (non-hydrogen) atoms. The molecule has 0 saturated heterocycles.